The first-order valence-electron chi connectivity index (χ1n) is 9.19. The number of amides is 2. The van der Waals surface area contributed by atoms with Gasteiger partial charge in [0.25, 0.3) is 11.8 Å². The SMILES string of the molecule is Cc1ccc(SC2=C(Nc3cccc(Cl)c3)C(=O)N(c3ccc(Cl)c(Cl)c3)C2=O)cc1. The van der Waals surface area contributed by atoms with Crippen LogP contribution in [0.4, 0.5) is 11.4 Å². The van der Waals surface area contributed by atoms with Crippen LogP contribution in [0.25, 0.3) is 0 Å². The quantitative estimate of drug-likeness (QED) is 0.394. The van der Waals surface area contributed by atoms with Gasteiger partial charge in [-0.05, 0) is 55.5 Å². The minimum absolute atomic E-state index is 0.170. The van der Waals surface area contributed by atoms with Crippen molar-refractivity contribution >= 4 is 69.8 Å². The second-order valence-electron chi connectivity index (χ2n) is 6.80. The Labute approximate surface area is 198 Å². The molecule has 4 rings (SSSR count). The van der Waals surface area contributed by atoms with Crippen LogP contribution in [0.5, 0.6) is 0 Å². The fourth-order valence-electron chi connectivity index (χ4n) is 3.01. The van der Waals surface area contributed by atoms with Crippen LogP contribution >= 0.6 is 46.6 Å². The van der Waals surface area contributed by atoms with Crippen molar-refractivity contribution in [1.82, 2.24) is 0 Å². The van der Waals surface area contributed by atoms with E-state index >= 15 is 0 Å². The summed E-state index contributed by atoms with van der Waals surface area (Å²) in [4.78, 5) is 28.9. The molecule has 1 aliphatic heterocycles. The number of thioether (sulfide) groups is 1. The summed E-state index contributed by atoms with van der Waals surface area (Å²) in [6.45, 7) is 1.98. The van der Waals surface area contributed by atoms with Gasteiger partial charge < -0.3 is 5.32 Å². The highest BCUT2D eigenvalue weighted by Gasteiger charge is 2.40. The summed E-state index contributed by atoms with van der Waals surface area (Å²) in [6, 6.07) is 19.3. The Morgan fingerprint density at radius 3 is 2.26 bits per heavy atom. The molecule has 156 valence electrons. The van der Waals surface area contributed by atoms with Crippen molar-refractivity contribution in [3.8, 4) is 0 Å². The van der Waals surface area contributed by atoms with Crippen LogP contribution in [0.2, 0.25) is 15.1 Å². The molecule has 0 bridgehead atoms. The van der Waals surface area contributed by atoms with Gasteiger partial charge in [-0.3, -0.25) is 9.59 Å². The number of carbonyl (C=O) groups excluding carboxylic acids is 2. The molecular weight excluding hydrogens is 475 g/mol. The standard InChI is InChI=1S/C23H15Cl3N2O2S/c1-13-5-8-17(9-6-13)31-21-20(27-15-4-2-3-14(24)11-15)22(29)28(23(21)30)16-7-10-18(25)19(26)12-16/h2-12,27H,1H3. The van der Waals surface area contributed by atoms with Crippen molar-refractivity contribution in [2.45, 2.75) is 11.8 Å². The van der Waals surface area contributed by atoms with Crippen molar-refractivity contribution in [3.63, 3.8) is 0 Å². The number of imide groups is 1. The van der Waals surface area contributed by atoms with E-state index in [9.17, 15) is 9.59 Å². The van der Waals surface area contributed by atoms with Crippen LogP contribution in [0.1, 0.15) is 5.56 Å². The van der Waals surface area contributed by atoms with Crippen molar-refractivity contribution in [3.05, 3.63) is 98.0 Å². The molecule has 1 N–H and O–H groups in total. The van der Waals surface area contributed by atoms with Gasteiger partial charge in [0, 0.05) is 15.6 Å². The van der Waals surface area contributed by atoms with Crippen molar-refractivity contribution < 1.29 is 9.59 Å². The summed E-state index contributed by atoms with van der Waals surface area (Å²) < 4.78 is 0. The molecule has 0 fully saturated rings. The third-order valence-electron chi connectivity index (χ3n) is 4.54. The third-order valence-corrected chi connectivity index (χ3v) is 6.60. The molecule has 0 spiro atoms. The largest absolute Gasteiger partial charge is 0.350 e. The van der Waals surface area contributed by atoms with Gasteiger partial charge in [0.1, 0.15) is 10.6 Å². The summed E-state index contributed by atoms with van der Waals surface area (Å²) in [5.41, 5.74) is 2.21. The van der Waals surface area contributed by atoms with Crippen LogP contribution in [-0.2, 0) is 9.59 Å². The highest BCUT2D eigenvalue weighted by molar-refractivity contribution is 8.04. The van der Waals surface area contributed by atoms with Crippen molar-refractivity contribution in [1.29, 1.82) is 0 Å². The molecule has 0 saturated carbocycles. The van der Waals surface area contributed by atoms with Gasteiger partial charge in [-0.15, -0.1) is 0 Å². The summed E-state index contributed by atoms with van der Waals surface area (Å²) in [6.07, 6.45) is 0. The van der Waals surface area contributed by atoms with Crippen LogP contribution in [0, 0.1) is 6.92 Å². The van der Waals surface area contributed by atoms with Gasteiger partial charge in [0.2, 0.25) is 0 Å². The first-order valence-corrected chi connectivity index (χ1v) is 11.1. The van der Waals surface area contributed by atoms with E-state index in [1.54, 1.807) is 36.4 Å². The maximum Gasteiger partial charge on any atom is 0.283 e. The number of hydrogen-bond donors (Lipinski definition) is 1. The Morgan fingerprint density at radius 1 is 0.839 bits per heavy atom. The summed E-state index contributed by atoms with van der Waals surface area (Å²) in [5.74, 6) is -0.934. The predicted octanol–water partition coefficient (Wildman–Crippen LogP) is 6.94. The van der Waals surface area contributed by atoms with Crippen molar-refractivity contribution in [2.24, 2.45) is 0 Å². The van der Waals surface area contributed by atoms with E-state index in [0.29, 0.717) is 21.4 Å². The van der Waals surface area contributed by atoms with Gasteiger partial charge >= 0.3 is 0 Å². The first-order chi connectivity index (χ1) is 14.8. The molecule has 0 radical (unpaired) electrons. The molecule has 3 aromatic carbocycles. The number of halogens is 3. The third kappa shape index (κ3) is 4.60. The normalized spacial score (nSPS) is 13.9. The Bertz CT molecular complexity index is 1230. The van der Waals surface area contributed by atoms with Crippen LogP contribution in [0.3, 0.4) is 0 Å². The minimum atomic E-state index is -0.488. The molecule has 0 aromatic heterocycles. The summed E-state index contributed by atoms with van der Waals surface area (Å²) in [5, 5.41) is 4.17. The number of benzene rings is 3. The molecule has 0 unspecified atom stereocenters. The topological polar surface area (TPSA) is 49.4 Å². The first kappa shape index (κ1) is 21.8. The fraction of sp³-hybridized carbons (Fsp3) is 0.0435. The number of anilines is 2. The highest BCUT2D eigenvalue weighted by Crippen LogP contribution is 2.39. The number of aryl methyl sites for hydroxylation is 1. The summed E-state index contributed by atoms with van der Waals surface area (Å²) >= 11 is 19.4. The molecule has 2 amide bonds. The smallest absolute Gasteiger partial charge is 0.283 e. The zero-order valence-electron chi connectivity index (χ0n) is 16.2. The van der Waals surface area contributed by atoms with Gasteiger partial charge in [0.15, 0.2) is 0 Å². The average molecular weight is 490 g/mol. The lowest BCUT2D eigenvalue weighted by atomic mass is 10.2. The zero-order valence-corrected chi connectivity index (χ0v) is 19.2. The number of rotatable bonds is 5. The maximum atomic E-state index is 13.3. The van der Waals surface area contributed by atoms with Gasteiger partial charge in [-0.1, -0.05) is 70.3 Å². The van der Waals surface area contributed by atoms with E-state index in [1.807, 2.05) is 31.2 Å². The molecule has 0 saturated heterocycles. The Hall–Kier alpha value is -2.44. The van der Waals surface area contributed by atoms with Crippen LogP contribution in [0.15, 0.2) is 82.2 Å². The van der Waals surface area contributed by atoms with E-state index in [0.717, 1.165) is 15.4 Å². The molecular formula is C23H15Cl3N2O2S. The number of nitrogens with zero attached hydrogens (tertiary/aromatic N) is 1. The monoisotopic (exact) mass is 488 g/mol. The second kappa shape index (κ2) is 8.97. The molecule has 0 atom stereocenters. The molecule has 1 heterocycles. The van der Waals surface area contributed by atoms with Crippen LogP contribution in [-0.4, -0.2) is 11.8 Å². The second-order valence-corrected chi connectivity index (χ2v) is 9.13. The highest BCUT2D eigenvalue weighted by atomic mass is 35.5. The molecule has 0 aliphatic carbocycles. The van der Waals surface area contributed by atoms with E-state index < -0.39 is 11.8 Å². The average Bonchev–Trinajstić information content (AvgIpc) is 2.96. The summed E-state index contributed by atoms with van der Waals surface area (Å²) in [7, 11) is 0. The number of carbonyl (C=O) groups is 2. The molecule has 8 heteroatoms. The predicted molar refractivity (Wildman–Crippen MR) is 128 cm³/mol. The van der Waals surface area contributed by atoms with Crippen molar-refractivity contribution in [2.75, 3.05) is 10.2 Å². The van der Waals surface area contributed by atoms with Gasteiger partial charge in [0.05, 0.1) is 15.7 Å². The lowest BCUT2D eigenvalue weighted by Gasteiger charge is -2.16. The lowest BCUT2D eigenvalue weighted by Crippen LogP contribution is -2.32. The molecule has 4 nitrogen and oxygen atoms in total. The molecule has 3 aromatic rings. The number of nitrogens with one attached hydrogen (secondary N) is 1. The maximum absolute atomic E-state index is 13.3. The van der Waals surface area contributed by atoms with E-state index in [2.05, 4.69) is 5.32 Å². The van der Waals surface area contributed by atoms with E-state index in [1.165, 1.54) is 17.8 Å². The molecule has 1 aliphatic rings. The van der Waals surface area contributed by atoms with Gasteiger partial charge in [-0.2, -0.15) is 0 Å². The van der Waals surface area contributed by atoms with Crippen LogP contribution < -0.4 is 10.2 Å². The fourth-order valence-corrected chi connectivity index (χ4v) is 4.42. The van der Waals surface area contributed by atoms with E-state index in [-0.39, 0.29) is 15.6 Å². The Kier molecular flexibility index (Phi) is 6.30. The zero-order chi connectivity index (χ0) is 22.1. The minimum Gasteiger partial charge on any atom is -0.350 e. The molecule has 31 heavy (non-hydrogen) atoms. The Morgan fingerprint density at radius 2 is 1.58 bits per heavy atom. The van der Waals surface area contributed by atoms with Gasteiger partial charge in [-0.25, -0.2) is 4.90 Å². The van der Waals surface area contributed by atoms with E-state index in [4.69, 9.17) is 34.8 Å². The Balaban J connectivity index is 1.75. The number of hydrogen-bond acceptors (Lipinski definition) is 4. The lowest BCUT2D eigenvalue weighted by molar-refractivity contribution is -0.120.